The van der Waals surface area contributed by atoms with Crippen molar-refractivity contribution in [3.8, 4) is 5.75 Å². The zero-order valence-corrected chi connectivity index (χ0v) is 17.4. The molecule has 0 bridgehead atoms. The Bertz CT molecular complexity index is 844. The van der Waals surface area contributed by atoms with Gasteiger partial charge in [0.1, 0.15) is 11.6 Å². The molecule has 162 valence electrons. The molecule has 1 aromatic heterocycles. The number of halogens is 2. The second-order valence-corrected chi connectivity index (χ2v) is 6.58. The minimum Gasteiger partial charge on any atom is -0.435 e. The number of carbonyl (C=O) groups is 1. The van der Waals surface area contributed by atoms with Crippen LogP contribution in [0, 0.1) is 6.92 Å². The quantitative estimate of drug-likeness (QED) is 0.481. The second-order valence-electron chi connectivity index (χ2n) is 6.58. The van der Waals surface area contributed by atoms with E-state index in [1.807, 2.05) is 37.9 Å². The number of rotatable bonds is 9. The van der Waals surface area contributed by atoms with E-state index in [0.29, 0.717) is 31.4 Å². The molecule has 0 fully saturated rings. The summed E-state index contributed by atoms with van der Waals surface area (Å²) in [6, 6.07) is 11.9. The number of aryl methyl sites for hydroxylation is 1. The molecule has 0 spiro atoms. The fourth-order valence-corrected chi connectivity index (χ4v) is 2.68. The minimum atomic E-state index is -2.84. The SMILES string of the molecule is CCNC(=NCCC(=O)Nc1cccc(C)n1)N(C)Cc1ccc(OC(F)F)cc1. The summed E-state index contributed by atoms with van der Waals surface area (Å²) in [6.45, 7) is 2.47. The minimum absolute atomic E-state index is 0.117. The summed E-state index contributed by atoms with van der Waals surface area (Å²) in [4.78, 5) is 22.7. The maximum atomic E-state index is 12.3. The first kappa shape index (κ1) is 23.1. The van der Waals surface area contributed by atoms with Gasteiger partial charge in [0.25, 0.3) is 0 Å². The van der Waals surface area contributed by atoms with Crippen LogP contribution in [0.3, 0.4) is 0 Å². The van der Waals surface area contributed by atoms with Gasteiger partial charge in [-0.1, -0.05) is 18.2 Å². The van der Waals surface area contributed by atoms with Crippen LogP contribution in [0.1, 0.15) is 24.6 Å². The Kier molecular flexibility index (Phi) is 8.99. The number of guanidine groups is 1. The van der Waals surface area contributed by atoms with Crippen molar-refractivity contribution in [2.45, 2.75) is 33.4 Å². The molecule has 0 aliphatic rings. The number of nitrogens with one attached hydrogen (secondary N) is 2. The Hall–Kier alpha value is -3.23. The predicted octanol–water partition coefficient (Wildman–Crippen LogP) is 3.42. The van der Waals surface area contributed by atoms with Crippen LogP contribution < -0.4 is 15.4 Å². The van der Waals surface area contributed by atoms with Gasteiger partial charge in [-0.3, -0.25) is 9.79 Å². The molecule has 0 aliphatic carbocycles. The van der Waals surface area contributed by atoms with Gasteiger partial charge in [0.2, 0.25) is 5.91 Å². The van der Waals surface area contributed by atoms with Crippen LogP contribution >= 0.6 is 0 Å². The summed E-state index contributed by atoms with van der Waals surface area (Å²) in [5.41, 5.74) is 1.74. The van der Waals surface area contributed by atoms with Gasteiger partial charge in [0.05, 0.1) is 6.54 Å². The zero-order chi connectivity index (χ0) is 21.9. The smallest absolute Gasteiger partial charge is 0.387 e. The van der Waals surface area contributed by atoms with Crippen molar-refractivity contribution in [2.24, 2.45) is 4.99 Å². The summed E-state index contributed by atoms with van der Waals surface area (Å²) < 4.78 is 28.9. The molecular formula is C21H27F2N5O2. The largest absolute Gasteiger partial charge is 0.435 e. The van der Waals surface area contributed by atoms with E-state index < -0.39 is 6.61 Å². The summed E-state index contributed by atoms with van der Waals surface area (Å²) in [5, 5.41) is 5.94. The number of anilines is 1. The van der Waals surface area contributed by atoms with Crippen molar-refractivity contribution in [3.63, 3.8) is 0 Å². The van der Waals surface area contributed by atoms with Crippen LogP contribution in [0.15, 0.2) is 47.5 Å². The van der Waals surface area contributed by atoms with E-state index in [-0.39, 0.29) is 18.1 Å². The summed E-state index contributed by atoms with van der Waals surface area (Å²) >= 11 is 0. The molecule has 30 heavy (non-hydrogen) atoms. The maximum absolute atomic E-state index is 12.3. The van der Waals surface area contributed by atoms with Crippen LogP contribution in [0.5, 0.6) is 5.75 Å². The third kappa shape index (κ3) is 8.02. The van der Waals surface area contributed by atoms with E-state index in [2.05, 4.69) is 25.3 Å². The Morgan fingerprint density at radius 2 is 1.97 bits per heavy atom. The van der Waals surface area contributed by atoms with Crippen molar-refractivity contribution in [3.05, 3.63) is 53.7 Å². The molecule has 2 N–H and O–H groups in total. The monoisotopic (exact) mass is 419 g/mol. The highest BCUT2D eigenvalue weighted by Crippen LogP contribution is 2.15. The molecule has 1 amide bonds. The molecule has 7 nitrogen and oxygen atoms in total. The molecule has 9 heteroatoms. The molecule has 2 aromatic rings. The average molecular weight is 419 g/mol. The van der Waals surface area contributed by atoms with Crippen LogP contribution in [0.2, 0.25) is 0 Å². The van der Waals surface area contributed by atoms with Gasteiger partial charge in [0.15, 0.2) is 5.96 Å². The van der Waals surface area contributed by atoms with Crippen molar-refractivity contribution in [2.75, 3.05) is 25.5 Å². The van der Waals surface area contributed by atoms with Gasteiger partial charge in [0, 0.05) is 32.3 Å². The van der Waals surface area contributed by atoms with E-state index in [9.17, 15) is 13.6 Å². The van der Waals surface area contributed by atoms with Gasteiger partial charge < -0.3 is 20.3 Å². The van der Waals surface area contributed by atoms with Gasteiger partial charge in [-0.25, -0.2) is 4.98 Å². The van der Waals surface area contributed by atoms with Crippen LogP contribution in [0.4, 0.5) is 14.6 Å². The van der Waals surface area contributed by atoms with E-state index in [1.165, 1.54) is 12.1 Å². The van der Waals surface area contributed by atoms with Crippen LogP contribution in [-0.2, 0) is 11.3 Å². The fraction of sp³-hybridized carbons (Fsp3) is 0.381. The number of pyridine rings is 1. The number of hydrogen-bond acceptors (Lipinski definition) is 4. The number of ether oxygens (including phenoxy) is 1. The number of carbonyl (C=O) groups excluding carboxylic acids is 1. The van der Waals surface area contributed by atoms with Gasteiger partial charge >= 0.3 is 6.61 Å². The molecule has 0 saturated carbocycles. The lowest BCUT2D eigenvalue weighted by Gasteiger charge is -2.22. The number of aromatic nitrogens is 1. The summed E-state index contributed by atoms with van der Waals surface area (Å²) in [7, 11) is 1.86. The predicted molar refractivity (Wildman–Crippen MR) is 113 cm³/mol. The number of aliphatic imine (C=N–C) groups is 1. The molecule has 0 radical (unpaired) electrons. The maximum Gasteiger partial charge on any atom is 0.387 e. The van der Waals surface area contributed by atoms with Gasteiger partial charge in [-0.15, -0.1) is 0 Å². The Labute approximate surface area is 175 Å². The molecule has 1 heterocycles. The molecule has 2 rings (SSSR count). The number of nitrogens with zero attached hydrogens (tertiary/aromatic N) is 3. The van der Waals surface area contributed by atoms with E-state index >= 15 is 0 Å². The first-order valence-corrected chi connectivity index (χ1v) is 9.64. The van der Waals surface area contributed by atoms with E-state index in [0.717, 1.165) is 11.3 Å². The lowest BCUT2D eigenvalue weighted by Crippen LogP contribution is -2.38. The van der Waals surface area contributed by atoms with E-state index in [1.54, 1.807) is 18.2 Å². The number of hydrogen-bond donors (Lipinski definition) is 2. The Balaban J connectivity index is 1.89. The summed E-state index contributed by atoms with van der Waals surface area (Å²) in [5.74, 6) is 1.12. The lowest BCUT2D eigenvalue weighted by molar-refractivity contribution is -0.116. The Morgan fingerprint density at radius 3 is 2.60 bits per heavy atom. The second kappa shape index (κ2) is 11.7. The molecule has 0 atom stereocenters. The van der Waals surface area contributed by atoms with Gasteiger partial charge in [-0.2, -0.15) is 8.78 Å². The average Bonchev–Trinajstić information content (AvgIpc) is 2.68. The fourth-order valence-electron chi connectivity index (χ4n) is 2.68. The highest BCUT2D eigenvalue weighted by molar-refractivity contribution is 5.90. The van der Waals surface area contributed by atoms with Crippen molar-refractivity contribution in [1.82, 2.24) is 15.2 Å². The zero-order valence-electron chi connectivity index (χ0n) is 17.4. The van der Waals surface area contributed by atoms with Crippen molar-refractivity contribution >= 4 is 17.7 Å². The topological polar surface area (TPSA) is 78.8 Å². The third-order valence-electron chi connectivity index (χ3n) is 4.02. The van der Waals surface area contributed by atoms with E-state index in [4.69, 9.17) is 0 Å². The van der Waals surface area contributed by atoms with Crippen molar-refractivity contribution in [1.29, 1.82) is 0 Å². The lowest BCUT2D eigenvalue weighted by atomic mass is 10.2. The normalized spacial score (nSPS) is 11.3. The standard InChI is InChI=1S/C21H27F2N5O2/c1-4-24-21(25-13-12-19(29)27-18-7-5-6-15(2)26-18)28(3)14-16-8-10-17(11-9-16)30-20(22)23/h5-11,20H,4,12-14H2,1-3H3,(H,24,25)(H,26,27,29). The molecule has 0 aliphatic heterocycles. The molecule has 0 saturated heterocycles. The van der Waals surface area contributed by atoms with Gasteiger partial charge in [-0.05, 0) is 43.7 Å². The Morgan fingerprint density at radius 1 is 1.23 bits per heavy atom. The molecular weight excluding hydrogens is 392 g/mol. The number of benzene rings is 1. The van der Waals surface area contributed by atoms with Crippen LogP contribution in [-0.4, -0.2) is 48.5 Å². The number of amides is 1. The summed E-state index contributed by atoms with van der Waals surface area (Å²) in [6.07, 6.45) is 0.220. The first-order chi connectivity index (χ1) is 14.4. The first-order valence-electron chi connectivity index (χ1n) is 9.64. The highest BCUT2D eigenvalue weighted by Gasteiger charge is 2.09. The third-order valence-corrected chi connectivity index (χ3v) is 4.02. The molecule has 0 unspecified atom stereocenters. The highest BCUT2D eigenvalue weighted by atomic mass is 19.3. The number of alkyl halides is 2. The molecule has 1 aromatic carbocycles. The van der Waals surface area contributed by atoms with Crippen molar-refractivity contribution < 1.29 is 18.3 Å². The van der Waals surface area contributed by atoms with Crippen LogP contribution in [0.25, 0.3) is 0 Å².